The first-order valence-electron chi connectivity index (χ1n) is 8.22. The Morgan fingerprint density at radius 1 is 1.33 bits per heavy atom. The van der Waals surface area contributed by atoms with E-state index in [1.807, 2.05) is 6.92 Å². The molecule has 9 heteroatoms. The fourth-order valence-corrected chi connectivity index (χ4v) is 3.69. The molecule has 0 saturated carbocycles. The summed E-state index contributed by atoms with van der Waals surface area (Å²) in [5, 5.41) is 3.04. The van der Waals surface area contributed by atoms with Crippen molar-refractivity contribution in [3.63, 3.8) is 0 Å². The standard InChI is InChI=1S/C18H18N4O4S/c1-3-26-12-7-5-4-6-11(12)21-13(23)8-22-9-20-17-14(18(22)25)10(2)15(27-17)16(19)24/h4-7,9H,3,8H2,1-2H3,(H2,19,24)(H,21,23). The topological polar surface area (TPSA) is 116 Å². The number of fused-ring (bicyclic) bond motifs is 1. The number of rotatable bonds is 6. The van der Waals surface area contributed by atoms with Crippen LogP contribution in [0.4, 0.5) is 5.69 Å². The van der Waals surface area contributed by atoms with Crippen LogP contribution in [-0.4, -0.2) is 28.0 Å². The maximum atomic E-state index is 12.7. The van der Waals surface area contributed by atoms with Gasteiger partial charge in [-0.3, -0.25) is 19.0 Å². The number of ether oxygens (including phenoxy) is 1. The van der Waals surface area contributed by atoms with Crippen LogP contribution in [0.2, 0.25) is 0 Å². The van der Waals surface area contributed by atoms with Gasteiger partial charge in [0.05, 0.1) is 28.9 Å². The Bertz CT molecular complexity index is 1090. The Labute approximate surface area is 158 Å². The number of benzene rings is 1. The first-order chi connectivity index (χ1) is 12.9. The molecule has 0 spiro atoms. The zero-order valence-electron chi connectivity index (χ0n) is 14.8. The molecule has 3 N–H and O–H groups in total. The van der Waals surface area contributed by atoms with E-state index in [0.29, 0.717) is 38.7 Å². The highest BCUT2D eigenvalue weighted by Crippen LogP contribution is 2.26. The SMILES string of the molecule is CCOc1ccccc1NC(=O)Cn1cnc2sc(C(N)=O)c(C)c2c1=O. The highest BCUT2D eigenvalue weighted by atomic mass is 32.1. The molecule has 27 heavy (non-hydrogen) atoms. The van der Waals surface area contributed by atoms with E-state index in [1.54, 1.807) is 31.2 Å². The molecule has 0 saturated heterocycles. The molecule has 0 aliphatic rings. The van der Waals surface area contributed by atoms with E-state index in [0.717, 1.165) is 11.3 Å². The monoisotopic (exact) mass is 386 g/mol. The molecule has 8 nitrogen and oxygen atoms in total. The van der Waals surface area contributed by atoms with E-state index >= 15 is 0 Å². The first kappa shape index (κ1) is 18.6. The van der Waals surface area contributed by atoms with E-state index in [1.165, 1.54) is 10.9 Å². The van der Waals surface area contributed by atoms with Gasteiger partial charge < -0.3 is 15.8 Å². The van der Waals surface area contributed by atoms with Crippen molar-refractivity contribution in [3.8, 4) is 5.75 Å². The van der Waals surface area contributed by atoms with Crippen molar-refractivity contribution in [2.45, 2.75) is 20.4 Å². The number of primary amides is 1. The zero-order valence-corrected chi connectivity index (χ0v) is 15.6. The van der Waals surface area contributed by atoms with Gasteiger partial charge in [-0.25, -0.2) is 4.98 Å². The lowest BCUT2D eigenvalue weighted by Crippen LogP contribution is -2.28. The number of nitrogens with one attached hydrogen (secondary N) is 1. The number of nitrogens with zero attached hydrogens (tertiary/aromatic N) is 2. The summed E-state index contributed by atoms with van der Waals surface area (Å²) in [6.45, 7) is 3.74. The second-order valence-electron chi connectivity index (χ2n) is 5.76. The molecule has 2 aromatic heterocycles. The number of hydrogen-bond acceptors (Lipinski definition) is 6. The minimum absolute atomic E-state index is 0.219. The van der Waals surface area contributed by atoms with Gasteiger partial charge in [-0.05, 0) is 31.5 Å². The molecular weight excluding hydrogens is 368 g/mol. The summed E-state index contributed by atoms with van der Waals surface area (Å²) in [4.78, 5) is 41.5. The van der Waals surface area contributed by atoms with Crippen LogP contribution in [0.3, 0.4) is 0 Å². The molecule has 0 fully saturated rings. The van der Waals surface area contributed by atoms with Gasteiger partial charge in [0.1, 0.15) is 17.1 Å². The van der Waals surface area contributed by atoms with Crippen LogP contribution < -0.4 is 21.3 Å². The summed E-state index contributed by atoms with van der Waals surface area (Å²) in [5.74, 6) is -0.450. The number of aryl methyl sites for hydroxylation is 1. The first-order valence-corrected chi connectivity index (χ1v) is 9.04. The molecule has 0 unspecified atom stereocenters. The average Bonchev–Trinajstić information content (AvgIpc) is 2.97. The molecule has 140 valence electrons. The molecule has 3 aromatic rings. The van der Waals surface area contributed by atoms with Crippen molar-refractivity contribution in [2.24, 2.45) is 5.73 Å². The van der Waals surface area contributed by atoms with Gasteiger partial charge >= 0.3 is 0 Å². The van der Waals surface area contributed by atoms with Gasteiger partial charge in [0.2, 0.25) is 5.91 Å². The van der Waals surface area contributed by atoms with E-state index in [-0.39, 0.29) is 6.54 Å². The number of para-hydroxylation sites is 2. The molecule has 0 radical (unpaired) electrons. The van der Waals surface area contributed by atoms with Crippen LogP contribution in [0.5, 0.6) is 5.75 Å². The number of aromatic nitrogens is 2. The minimum Gasteiger partial charge on any atom is -0.492 e. The van der Waals surface area contributed by atoms with Crippen LogP contribution in [0.15, 0.2) is 35.4 Å². The lowest BCUT2D eigenvalue weighted by Gasteiger charge is -2.11. The number of thiophene rings is 1. The summed E-state index contributed by atoms with van der Waals surface area (Å²) in [5.41, 5.74) is 5.94. The second kappa shape index (κ2) is 7.58. The van der Waals surface area contributed by atoms with Crippen molar-refractivity contribution in [3.05, 3.63) is 51.4 Å². The van der Waals surface area contributed by atoms with Crippen LogP contribution in [-0.2, 0) is 11.3 Å². The van der Waals surface area contributed by atoms with Crippen LogP contribution in [0.1, 0.15) is 22.2 Å². The Hall–Kier alpha value is -3.20. The second-order valence-corrected chi connectivity index (χ2v) is 6.75. The number of carbonyl (C=O) groups is 2. The summed E-state index contributed by atoms with van der Waals surface area (Å²) in [6, 6.07) is 7.05. The van der Waals surface area contributed by atoms with Crippen LogP contribution in [0, 0.1) is 6.92 Å². The quantitative estimate of drug-likeness (QED) is 0.671. The third-order valence-electron chi connectivity index (χ3n) is 3.92. The fourth-order valence-electron chi connectivity index (χ4n) is 2.70. The Morgan fingerprint density at radius 3 is 2.78 bits per heavy atom. The number of hydrogen-bond donors (Lipinski definition) is 2. The summed E-state index contributed by atoms with van der Waals surface area (Å²) >= 11 is 1.07. The summed E-state index contributed by atoms with van der Waals surface area (Å²) in [7, 11) is 0. The van der Waals surface area contributed by atoms with E-state index in [2.05, 4.69) is 10.3 Å². The molecule has 3 rings (SSSR count). The minimum atomic E-state index is -0.605. The number of anilines is 1. The lowest BCUT2D eigenvalue weighted by atomic mass is 10.2. The molecule has 0 atom stereocenters. The van der Waals surface area contributed by atoms with Crippen molar-refractivity contribution in [1.82, 2.24) is 9.55 Å². The molecule has 1 aromatic carbocycles. The average molecular weight is 386 g/mol. The van der Waals surface area contributed by atoms with Gasteiger partial charge in [-0.15, -0.1) is 11.3 Å². The number of amides is 2. The van der Waals surface area contributed by atoms with Crippen molar-refractivity contribution >= 4 is 39.1 Å². The maximum Gasteiger partial charge on any atom is 0.262 e. The Morgan fingerprint density at radius 2 is 2.07 bits per heavy atom. The lowest BCUT2D eigenvalue weighted by molar-refractivity contribution is -0.116. The molecule has 2 heterocycles. The Kier molecular flexibility index (Phi) is 5.22. The zero-order chi connectivity index (χ0) is 19.6. The van der Waals surface area contributed by atoms with Crippen molar-refractivity contribution in [2.75, 3.05) is 11.9 Å². The molecule has 0 bridgehead atoms. The van der Waals surface area contributed by atoms with Crippen LogP contribution >= 0.6 is 11.3 Å². The largest absolute Gasteiger partial charge is 0.492 e. The highest BCUT2D eigenvalue weighted by Gasteiger charge is 2.18. The molecule has 2 amide bonds. The van der Waals surface area contributed by atoms with Gasteiger partial charge in [0.25, 0.3) is 11.5 Å². The summed E-state index contributed by atoms with van der Waals surface area (Å²) in [6.07, 6.45) is 1.29. The summed E-state index contributed by atoms with van der Waals surface area (Å²) < 4.78 is 6.67. The van der Waals surface area contributed by atoms with Crippen LogP contribution in [0.25, 0.3) is 10.2 Å². The fraction of sp³-hybridized carbons (Fsp3) is 0.222. The van der Waals surface area contributed by atoms with Gasteiger partial charge in [0, 0.05) is 0 Å². The van der Waals surface area contributed by atoms with E-state index in [4.69, 9.17) is 10.5 Å². The molecule has 0 aliphatic heterocycles. The number of nitrogens with two attached hydrogens (primary N) is 1. The predicted molar refractivity (Wildman–Crippen MR) is 103 cm³/mol. The van der Waals surface area contributed by atoms with E-state index < -0.39 is 17.4 Å². The molecular formula is C18H18N4O4S. The maximum absolute atomic E-state index is 12.7. The van der Waals surface area contributed by atoms with Crippen molar-refractivity contribution in [1.29, 1.82) is 0 Å². The van der Waals surface area contributed by atoms with Gasteiger partial charge in [-0.2, -0.15) is 0 Å². The van der Waals surface area contributed by atoms with E-state index in [9.17, 15) is 14.4 Å². The van der Waals surface area contributed by atoms with Gasteiger partial charge in [-0.1, -0.05) is 12.1 Å². The highest BCUT2D eigenvalue weighted by molar-refractivity contribution is 7.20. The number of carbonyl (C=O) groups excluding carboxylic acids is 2. The third-order valence-corrected chi connectivity index (χ3v) is 5.13. The molecule has 0 aliphatic carbocycles. The predicted octanol–water partition coefficient (Wildman–Crippen LogP) is 1.90. The normalized spacial score (nSPS) is 10.7. The van der Waals surface area contributed by atoms with Crippen molar-refractivity contribution < 1.29 is 14.3 Å². The van der Waals surface area contributed by atoms with Gasteiger partial charge in [0.15, 0.2) is 0 Å². The smallest absolute Gasteiger partial charge is 0.262 e. The third kappa shape index (κ3) is 3.68. The Balaban J connectivity index is 1.88.